The van der Waals surface area contributed by atoms with Crippen molar-refractivity contribution in [2.75, 3.05) is 7.11 Å². The average molecular weight is 358 g/mol. The van der Waals surface area contributed by atoms with Crippen LogP contribution in [0.1, 0.15) is 16.7 Å². The molecule has 0 saturated heterocycles. The maximum Gasteiger partial charge on any atom is 0.387 e. The third kappa shape index (κ3) is 5.60. The highest BCUT2D eigenvalue weighted by Crippen LogP contribution is 2.29. The summed E-state index contributed by atoms with van der Waals surface area (Å²) in [5.74, 6) is -0.276. The number of methoxy groups -OCH3 is 1. The van der Waals surface area contributed by atoms with Crippen molar-refractivity contribution < 1.29 is 23.0 Å². The highest BCUT2D eigenvalue weighted by Gasteiger charge is 2.10. The number of nitrogens with one attached hydrogen (secondary N) is 1. The topological polar surface area (TPSA) is 71.3 Å². The third-order valence-electron chi connectivity index (χ3n) is 3.35. The molecule has 0 fully saturated rings. The Morgan fingerprint density at radius 1 is 1.27 bits per heavy atom. The first kappa shape index (κ1) is 18.9. The largest absolute Gasteiger partial charge is 0.493 e. The van der Waals surface area contributed by atoms with Gasteiger partial charge in [-0.1, -0.05) is 18.2 Å². The second-order valence-corrected chi connectivity index (χ2v) is 5.15. The van der Waals surface area contributed by atoms with Crippen LogP contribution < -0.4 is 14.8 Å². The van der Waals surface area contributed by atoms with Gasteiger partial charge >= 0.3 is 6.61 Å². The smallest absolute Gasteiger partial charge is 0.387 e. The molecule has 26 heavy (non-hydrogen) atoms. The Morgan fingerprint density at radius 2 is 2.08 bits per heavy atom. The Bertz CT molecular complexity index is 845. The second kappa shape index (κ2) is 9.18. The van der Waals surface area contributed by atoms with E-state index in [1.165, 1.54) is 37.5 Å². The Kier molecular flexibility index (Phi) is 6.68. The molecule has 0 heterocycles. The first-order valence-electron chi connectivity index (χ1n) is 7.59. The zero-order valence-corrected chi connectivity index (χ0v) is 13.9. The first-order valence-corrected chi connectivity index (χ1v) is 7.59. The van der Waals surface area contributed by atoms with Crippen LogP contribution >= 0.6 is 0 Å². The van der Waals surface area contributed by atoms with Crippen molar-refractivity contribution in [1.82, 2.24) is 5.32 Å². The van der Waals surface area contributed by atoms with E-state index in [1.807, 2.05) is 6.07 Å². The summed E-state index contributed by atoms with van der Waals surface area (Å²) in [7, 11) is 1.34. The normalized spacial score (nSPS) is 10.6. The number of benzene rings is 2. The zero-order chi connectivity index (χ0) is 18.9. The number of halogens is 2. The van der Waals surface area contributed by atoms with Gasteiger partial charge in [0, 0.05) is 12.6 Å². The standard InChI is InChI=1S/C19H16F2N2O3/c1-25-17-10-13(5-7-16(17)26-19(20)21)6-8-18(24)23-12-15-4-2-3-14(9-15)11-22/h2-10,19H,12H2,1H3,(H,23,24)/b8-6+. The van der Waals surface area contributed by atoms with E-state index in [-0.39, 0.29) is 24.0 Å². The summed E-state index contributed by atoms with van der Waals surface area (Å²) in [6.07, 6.45) is 2.84. The van der Waals surface area contributed by atoms with Gasteiger partial charge in [0.15, 0.2) is 11.5 Å². The number of hydrogen-bond acceptors (Lipinski definition) is 4. The van der Waals surface area contributed by atoms with Gasteiger partial charge in [-0.15, -0.1) is 0 Å². The molecule has 134 valence electrons. The van der Waals surface area contributed by atoms with Crippen LogP contribution in [-0.2, 0) is 11.3 Å². The fourth-order valence-corrected chi connectivity index (χ4v) is 2.15. The highest BCUT2D eigenvalue weighted by atomic mass is 19.3. The van der Waals surface area contributed by atoms with Crippen molar-refractivity contribution >= 4 is 12.0 Å². The van der Waals surface area contributed by atoms with E-state index in [0.29, 0.717) is 11.1 Å². The lowest BCUT2D eigenvalue weighted by Crippen LogP contribution is -2.20. The van der Waals surface area contributed by atoms with Crippen LogP contribution in [0.5, 0.6) is 11.5 Å². The SMILES string of the molecule is COc1cc(/C=C/C(=O)NCc2cccc(C#N)c2)ccc1OC(F)F. The molecular weight excluding hydrogens is 342 g/mol. The molecule has 0 aliphatic rings. The Balaban J connectivity index is 1.97. The molecule has 0 radical (unpaired) electrons. The molecular formula is C19H16F2N2O3. The Morgan fingerprint density at radius 3 is 2.77 bits per heavy atom. The molecule has 0 aromatic heterocycles. The number of alkyl halides is 2. The molecule has 0 aliphatic carbocycles. The van der Waals surface area contributed by atoms with Crippen LogP contribution in [0.3, 0.4) is 0 Å². The van der Waals surface area contributed by atoms with Crippen LogP contribution in [-0.4, -0.2) is 19.6 Å². The summed E-state index contributed by atoms with van der Waals surface area (Å²) in [4.78, 5) is 11.9. The molecule has 0 saturated carbocycles. The van der Waals surface area contributed by atoms with Gasteiger partial charge in [0.25, 0.3) is 0 Å². The van der Waals surface area contributed by atoms with Gasteiger partial charge in [0.2, 0.25) is 5.91 Å². The fourth-order valence-electron chi connectivity index (χ4n) is 2.15. The van der Waals surface area contributed by atoms with E-state index in [2.05, 4.69) is 10.1 Å². The number of hydrogen-bond donors (Lipinski definition) is 1. The maximum absolute atomic E-state index is 12.3. The van der Waals surface area contributed by atoms with Crippen LogP contribution in [0, 0.1) is 11.3 Å². The molecule has 0 atom stereocenters. The van der Waals surface area contributed by atoms with E-state index < -0.39 is 6.61 Å². The lowest BCUT2D eigenvalue weighted by Gasteiger charge is -2.10. The molecule has 0 unspecified atom stereocenters. The molecule has 2 rings (SSSR count). The van der Waals surface area contributed by atoms with Crippen LogP contribution in [0.2, 0.25) is 0 Å². The van der Waals surface area contributed by atoms with Gasteiger partial charge in [-0.2, -0.15) is 14.0 Å². The van der Waals surface area contributed by atoms with E-state index in [9.17, 15) is 13.6 Å². The summed E-state index contributed by atoms with van der Waals surface area (Å²) < 4.78 is 33.9. The van der Waals surface area contributed by atoms with Gasteiger partial charge in [0.1, 0.15) is 0 Å². The maximum atomic E-state index is 12.3. The highest BCUT2D eigenvalue weighted by molar-refractivity contribution is 5.91. The monoisotopic (exact) mass is 358 g/mol. The molecule has 2 aromatic rings. The number of carbonyl (C=O) groups is 1. The molecule has 5 nitrogen and oxygen atoms in total. The number of rotatable bonds is 7. The second-order valence-electron chi connectivity index (χ2n) is 5.15. The number of amides is 1. The number of ether oxygens (including phenoxy) is 2. The van der Waals surface area contributed by atoms with Gasteiger partial charge < -0.3 is 14.8 Å². The lowest BCUT2D eigenvalue weighted by molar-refractivity contribution is -0.116. The number of nitrogens with zero attached hydrogens (tertiary/aromatic N) is 1. The van der Waals surface area contributed by atoms with E-state index in [1.54, 1.807) is 24.3 Å². The van der Waals surface area contributed by atoms with E-state index in [0.717, 1.165) is 5.56 Å². The molecule has 0 spiro atoms. The summed E-state index contributed by atoms with van der Waals surface area (Å²) >= 11 is 0. The summed E-state index contributed by atoms with van der Waals surface area (Å²) in [6.45, 7) is -2.67. The summed E-state index contributed by atoms with van der Waals surface area (Å²) in [5.41, 5.74) is 1.91. The lowest BCUT2D eigenvalue weighted by atomic mass is 10.1. The van der Waals surface area contributed by atoms with Gasteiger partial charge in [-0.05, 0) is 41.5 Å². The van der Waals surface area contributed by atoms with Crippen molar-refractivity contribution in [3.05, 3.63) is 65.2 Å². The first-order chi connectivity index (χ1) is 12.5. The van der Waals surface area contributed by atoms with Gasteiger partial charge in [0.05, 0.1) is 18.7 Å². The summed E-state index contributed by atoms with van der Waals surface area (Å²) in [5, 5.41) is 11.5. The van der Waals surface area contributed by atoms with Crippen molar-refractivity contribution in [2.24, 2.45) is 0 Å². The fraction of sp³-hybridized carbons (Fsp3) is 0.158. The predicted octanol–water partition coefficient (Wildman–Crippen LogP) is 3.50. The predicted molar refractivity (Wildman–Crippen MR) is 91.7 cm³/mol. The minimum atomic E-state index is -2.95. The van der Waals surface area contributed by atoms with Gasteiger partial charge in [-0.25, -0.2) is 0 Å². The molecule has 7 heteroatoms. The van der Waals surface area contributed by atoms with E-state index >= 15 is 0 Å². The van der Waals surface area contributed by atoms with Crippen molar-refractivity contribution in [1.29, 1.82) is 5.26 Å². The van der Waals surface area contributed by atoms with Crippen molar-refractivity contribution in [3.63, 3.8) is 0 Å². The number of carbonyl (C=O) groups excluding carboxylic acids is 1. The van der Waals surface area contributed by atoms with Crippen LogP contribution in [0.4, 0.5) is 8.78 Å². The van der Waals surface area contributed by atoms with Crippen LogP contribution in [0.25, 0.3) is 6.08 Å². The molecule has 1 N–H and O–H groups in total. The van der Waals surface area contributed by atoms with Crippen molar-refractivity contribution in [2.45, 2.75) is 13.2 Å². The molecule has 0 aliphatic heterocycles. The van der Waals surface area contributed by atoms with E-state index in [4.69, 9.17) is 10.00 Å². The third-order valence-corrected chi connectivity index (χ3v) is 3.35. The quantitative estimate of drug-likeness (QED) is 0.769. The molecule has 1 amide bonds. The Hall–Kier alpha value is -3.40. The average Bonchev–Trinajstić information content (AvgIpc) is 2.65. The minimum absolute atomic E-state index is 0.0820. The Labute approximate surface area is 149 Å². The molecule has 0 bridgehead atoms. The van der Waals surface area contributed by atoms with Crippen molar-refractivity contribution in [3.8, 4) is 17.6 Å². The van der Waals surface area contributed by atoms with Gasteiger partial charge in [-0.3, -0.25) is 4.79 Å². The summed E-state index contributed by atoms with van der Waals surface area (Å²) in [6, 6.07) is 13.3. The number of nitriles is 1. The minimum Gasteiger partial charge on any atom is -0.493 e. The van der Waals surface area contributed by atoms with Crippen LogP contribution in [0.15, 0.2) is 48.5 Å². The molecule has 2 aromatic carbocycles. The zero-order valence-electron chi connectivity index (χ0n) is 13.9.